The van der Waals surface area contributed by atoms with Crippen LogP contribution in [0.2, 0.25) is 5.02 Å². The maximum Gasteiger partial charge on any atom is 0.287 e. The van der Waals surface area contributed by atoms with Crippen molar-refractivity contribution in [2.24, 2.45) is 22.1 Å². The molecule has 6 rings (SSSR count). The lowest BCUT2D eigenvalue weighted by atomic mass is 9.68. The number of rotatable bonds is 3. The Balaban J connectivity index is 1.51. The Bertz CT molecular complexity index is 1700. The fourth-order valence-electron chi connectivity index (χ4n) is 7.32. The zero-order valence-corrected chi connectivity index (χ0v) is 29.5. The third kappa shape index (κ3) is 6.71. The number of amides is 2. The quantitative estimate of drug-likeness (QED) is 0.381. The van der Waals surface area contributed by atoms with Crippen LogP contribution in [-0.4, -0.2) is 61.1 Å². The van der Waals surface area contributed by atoms with Crippen molar-refractivity contribution >= 4 is 39.0 Å². The minimum Gasteiger partial charge on any atom is -0.490 e. The van der Waals surface area contributed by atoms with Crippen LogP contribution in [0.1, 0.15) is 64.5 Å². The monoisotopic (exact) mass is 683 g/mol. The van der Waals surface area contributed by atoms with Crippen LogP contribution in [0.25, 0.3) is 0 Å². The molecule has 9 nitrogen and oxygen atoms in total. The highest BCUT2D eigenvalue weighted by Crippen LogP contribution is 2.47. The maximum absolute atomic E-state index is 14.8. The highest BCUT2D eigenvalue weighted by atomic mass is 35.5. The molecule has 2 amide bonds. The first kappa shape index (κ1) is 34.0. The topological polar surface area (TPSA) is 107 Å². The van der Waals surface area contributed by atoms with Gasteiger partial charge in [-0.1, -0.05) is 43.7 Å². The van der Waals surface area contributed by atoms with E-state index < -0.39 is 33.2 Å². The van der Waals surface area contributed by atoms with Crippen molar-refractivity contribution in [1.29, 1.82) is 0 Å². The minimum atomic E-state index is -3.74. The number of methoxy groups -OCH3 is 1. The number of aryl methyl sites for hydroxylation is 1. The summed E-state index contributed by atoms with van der Waals surface area (Å²) in [7, 11) is -2.01. The molecule has 2 aliphatic heterocycles. The van der Waals surface area contributed by atoms with Gasteiger partial charge in [0.25, 0.3) is 5.91 Å². The largest absolute Gasteiger partial charge is 0.490 e. The van der Waals surface area contributed by atoms with Crippen LogP contribution < -0.4 is 14.4 Å². The predicted octanol–water partition coefficient (Wildman–Crippen LogP) is 6.26. The van der Waals surface area contributed by atoms with E-state index in [1.54, 1.807) is 53.0 Å². The maximum atomic E-state index is 14.8. The standard InChI is InChI=1S/C36H46ClN3O6S/c1-23(2)33(41)38-47(43)27-12-15-32-30(19-27)40(21-36(22-45-32)16-6-8-24-18-26(37)11-14-29(24)36)20-25-10-13-28(25)31(44-5)9-7-17-46-35(3,4)34(42)39-47/h7,9,11-12,14-15,18-19,23,25,28,31H,6,8,10,13,16-17,20-22H2,1-5H3,(H,38,39,41,42,43)/t25-,28+,31-,36-,47-/m0/s1. The summed E-state index contributed by atoms with van der Waals surface area (Å²) in [6, 6.07) is 11.4. The van der Waals surface area contributed by atoms with Gasteiger partial charge in [-0.15, -0.1) is 4.36 Å². The molecule has 2 bridgehead atoms. The summed E-state index contributed by atoms with van der Waals surface area (Å²) >= 11 is 6.45. The van der Waals surface area contributed by atoms with Gasteiger partial charge < -0.3 is 19.1 Å². The van der Waals surface area contributed by atoms with Crippen LogP contribution in [0.5, 0.6) is 5.75 Å². The summed E-state index contributed by atoms with van der Waals surface area (Å²) in [5.74, 6) is -0.366. The second-order valence-corrected chi connectivity index (χ2v) is 16.6. The number of carbonyl (C=O) groups is 2. The van der Waals surface area contributed by atoms with Crippen molar-refractivity contribution in [2.75, 3.05) is 38.3 Å². The van der Waals surface area contributed by atoms with Gasteiger partial charge in [-0.05, 0) is 99.2 Å². The Labute approximate surface area is 283 Å². The summed E-state index contributed by atoms with van der Waals surface area (Å²) in [5.41, 5.74) is 1.60. The zero-order chi connectivity index (χ0) is 33.6. The molecule has 2 aromatic carbocycles. The number of fused-ring (bicyclic) bond motifs is 4. The van der Waals surface area contributed by atoms with Gasteiger partial charge in [-0.25, -0.2) is 4.21 Å². The second kappa shape index (κ2) is 13.2. The van der Waals surface area contributed by atoms with Crippen molar-refractivity contribution in [1.82, 2.24) is 4.72 Å². The highest BCUT2D eigenvalue weighted by Gasteiger charge is 2.44. The minimum absolute atomic E-state index is 0.0979. The summed E-state index contributed by atoms with van der Waals surface area (Å²) in [5, 5.41) is 0.731. The number of carbonyl (C=O) groups excluding carboxylic acids is 2. The van der Waals surface area contributed by atoms with Gasteiger partial charge in [0, 0.05) is 36.6 Å². The number of ether oxygens (including phenoxy) is 3. The van der Waals surface area contributed by atoms with E-state index in [1.165, 1.54) is 11.1 Å². The van der Waals surface area contributed by atoms with E-state index in [2.05, 4.69) is 26.1 Å². The molecule has 1 fully saturated rings. The van der Waals surface area contributed by atoms with Crippen LogP contribution >= 0.6 is 11.6 Å². The van der Waals surface area contributed by atoms with Crippen LogP contribution in [-0.2, 0) is 40.8 Å². The second-order valence-electron chi connectivity index (χ2n) is 14.2. The van der Waals surface area contributed by atoms with Crippen molar-refractivity contribution in [2.45, 2.75) is 81.8 Å². The van der Waals surface area contributed by atoms with E-state index in [9.17, 15) is 13.8 Å². The van der Waals surface area contributed by atoms with Crippen molar-refractivity contribution in [3.05, 3.63) is 64.7 Å². The summed E-state index contributed by atoms with van der Waals surface area (Å²) in [4.78, 5) is 29.2. The number of halogens is 1. The van der Waals surface area contributed by atoms with Gasteiger partial charge >= 0.3 is 0 Å². The summed E-state index contributed by atoms with van der Waals surface area (Å²) < 4.78 is 40.1. The zero-order valence-electron chi connectivity index (χ0n) is 27.9. The Morgan fingerprint density at radius 2 is 2.00 bits per heavy atom. The molecule has 5 atom stereocenters. The molecule has 2 aliphatic carbocycles. The predicted molar refractivity (Wildman–Crippen MR) is 183 cm³/mol. The van der Waals surface area contributed by atoms with Gasteiger partial charge in [0.2, 0.25) is 5.91 Å². The van der Waals surface area contributed by atoms with E-state index in [0.717, 1.165) is 49.4 Å². The number of anilines is 1. The molecule has 4 aliphatic rings. The van der Waals surface area contributed by atoms with E-state index in [1.807, 2.05) is 18.2 Å². The average Bonchev–Trinajstić information content (AvgIpc) is 3.16. The Morgan fingerprint density at radius 3 is 2.72 bits per heavy atom. The lowest BCUT2D eigenvalue weighted by molar-refractivity contribution is -0.137. The van der Waals surface area contributed by atoms with E-state index in [4.69, 9.17) is 25.8 Å². The van der Waals surface area contributed by atoms with Crippen molar-refractivity contribution < 1.29 is 28.0 Å². The van der Waals surface area contributed by atoms with Crippen LogP contribution in [0.15, 0.2) is 57.8 Å². The van der Waals surface area contributed by atoms with Gasteiger partial charge in [0.05, 0.1) is 29.9 Å². The number of hydrogen-bond acceptors (Lipinski definition) is 7. The molecule has 1 saturated carbocycles. The van der Waals surface area contributed by atoms with Crippen LogP contribution in [0, 0.1) is 17.8 Å². The molecule has 0 unspecified atom stereocenters. The SMILES string of the molecule is CO[C@H]1C=CCOC(C)(C)C(=O)N=[S@@](=O)(NC(=O)C(C)C)c2ccc3c(c2)N(C[C@@H]2CC[C@H]21)C[C@@]1(CCCc2cc(Cl)ccc21)CO3. The molecule has 1 N–H and O–H groups in total. The number of benzene rings is 2. The molecule has 0 aromatic heterocycles. The Morgan fingerprint density at radius 1 is 1.19 bits per heavy atom. The molecule has 0 saturated heterocycles. The molecule has 0 radical (unpaired) electrons. The molecule has 2 heterocycles. The van der Waals surface area contributed by atoms with Crippen molar-refractivity contribution in [3.63, 3.8) is 0 Å². The Kier molecular flexibility index (Phi) is 9.52. The molecular formula is C36H46ClN3O6S. The molecule has 47 heavy (non-hydrogen) atoms. The van der Waals surface area contributed by atoms with E-state index in [-0.39, 0.29) is 23.0 Å². The van der Waals surface area contributed by atoms with Gasteiger partial charge in [-0.2, -0.15) is 0 Å². The molecule has 1 spiro atoms. The smallest absolute Gasteiger partial charge is 0.287 e. The Hall–Kier alpha value is -2.92. The summed E-state index contributed by atoms with van der Waals surface area (Å²) in [6.07, 6.45) is 8.83. The van der Waals surface area contributed by atoms with Crippen LogP contribution in [0.4, 0.5) is 5.69 Å². The lowest BCUT2D eigenvalue weighted by Crippen LogP contribution is -2.49. The third-order valence-electron chi connectivity index (χ3n) is 10.3. The fraction of sp³-hybridized carbons (Fsp3) is 0.556. The van der Waals surface area contributed by atoms with E-state index in [0.29, 0.717) is 30.7 Å². The van der Waals surface area contributed by atoms with Gasteiger partial charge in [-0.3, -0.25) is 14.3 Å². The van der Waals surface area contributed by atoms with Crippen LogP contribution in [0.3, 0.4) is 0 Å². The molecule has 254 valence electrons. The first-order valence-corrected chi connectivity index (χ1v) is 18.5. The highest BCUT2D eigenvalue weighted by molar-refractivity contribution is 7.92. The lowest BCUT2D eigenvalue weighted by Gasteiger charge is -2.46. The average molecular weight is 684 g/mol. The fourth-order valence-corrected chi connectivity index (χ4v) is 9.27. The number of nitrogens with one attached hydrogen (secondary N) is 1. The number of hydrogen-bond donors (Lipinski definition) is 1. The van der Waals surface area contributed by atoms with Gasteiger partial charge in [0.1, 0.15) is 11.4 Å². The molecule has 11 heteroatoms. The normalized spacial score (nSPS) is 30.3. The third-order valence-corrected chi connectivity index (χ3v) is 12.3. The first-order valence-electron chi connectivity index (χ1n) is 16.6. The van der Waals surface area contributed by atoms with Crippen molar-refractivity contribution in [3.8, 4) is 5.75 Å². The summed E-state index contributed by atoms with van der Waals surface area (Å²) in [6.45, 7) is 8.66. The first-order chi connectivity index (χ1) is 22.3. The number of nitrogens with zero attached hydrogens (tertiary/aromatic N) is 2. The molecular weight excluding hydrogens is 638 g/mol. The molecule has 2 aromatic rings. The van der Waals surface area contributed by atoms with Gasteiger partial charge in [0.15, 0.2) is 9.92 Å². The van der Waals surface area contributed by atoms with E-state index >= 15 is 0 Å².